The fourth-order valence-corrected chi connectivity index (χ4v) is 7.98. The van der Waals surface area contributed by atoms with E-state index in [9.17, 15) is 13.8 Å². The molecule has 2 aliphatic rings. The largest absolute Gasteiger partial charge is 0.444 e. The van der Waals surface area contributed by atoms with Crippen LogP contribution in [0.2, 0.25) is 0 Å². The Morgan fingerprint density at radius 1 is 0.731 bits per heavy atom. The van der Waals surface area contributed by atoms with Crippen molar-refractivity contribution >= 4 is 23.2 Å². The van der Waals surface area contributed by atoms with Crippen molar-refractivity contribution in [2.75, 3.05) is 13.1 Å². The normalized spacial score (nSPS) is 21.8. The van der Waals surface area contributed by atoms with Gasteiger partial charge in [0.05, 0.1) is 15.7 Å². The highest BCUT2D eigenvalue weighted by Crippen LogP contribution is 2.39. The van der Waals surface area contributed by atoms with Crippen LogP contribution in [0.3, 0.4) is 0 Å². The Balaban J connectivity index is 0.000000288. The average Bonchev–Trinajstić information content (AvgIpc) is 3.48. The zero-order valence-corrected chi connectivity index (χ0v) is 35.1. The first kappa shape index (κ1) is 43.5. The van der Waals surface area contributed by atoms with Crippen molar-refractivity contribution in [2.24, 2.45) is 17.6 Å². The summed E-state index contributed by atoms with van der Waals surface area (Å²) in [7, 11) is -1.17. The van der Waals surface area contributed by atoms with Crippen molar-refractivity contribution in [1.29, 1.82) is 0 Å². The lowest BCUT2D eigenvalue weighted by molar-refractivity contribution is 0.0118. The molecule has 2 aromatic carbocycles. The monoisotopic (exact) mass is 740 g/mol. The van der Waals surface area contributed by atoms with Crippen LogP contribution in [-0.2, 0) is 20.5 Å². The van der Waals surface area contributed by atoms with Gasteiger partial charge in [0.25, 0.3) is 0 Å². The first-order chi connectivity index (χ1) is 23.8. The molecule has 3 unspecified atom stereocenters. The van der Waals surface area contributed by atoms with E-state index in [0.717, 1.165) is 36.8 Å². The van der Waals surface area contributed by atoms with Crippen LogP contribution in [-0.4, -0.2) is 66.3 Å². The highest BCUT2D eigenvalue weighted by atomic mass is 32.2. The van der Waals surface area contributed by atoms with Gasteiger partial charge in [0, 0.05) is 36.3 Å². The van der Waals surface area contributed by atoms with Crippen LogP contribution in [0.4, 0.5) is 9.59 Å². The molecule has 292 valence electrons. The third kappa shape index (κ3) is 13.2. The van der Waals surface area contributed by atoms with Crippen LogP contribution in [0.5, 0.6) is 0 Å². The summed E-state index contributed by atoms with van der Waals surface area (Å²) in [6.07, 6.45) is 3.05. The van der Waals surface area contributed by atoms with E-state index in [1.54, 1.807) is 0 Å². The molecule has 2 amide bonds. The zero-order valence-electron chi connectivity index (χ0n) is 34.2. The predicted octanol–water partition coefficient (Wildman–Crippen LogP) is 9.32. The van der Waals surface area contributed by atoms with Crippen LogP contribution in [0.15, 0.2) is 60.7 Å². The second-order valence-electron chi connectivity index (χ2n) is 18.9. The van der Waals surface area contributed by atoms with Gasteiger partial charge < -0.3 is 25.0 Å². The number of benzene rings is 2. The Kier molecular flexibility index (Phi) is 14.2. The first-order valence-electron chi connectivity index (χ1n) is 18.8. The maximum absolute atomic E-state index is 12.8. The molecule has 52 heavy (non-hydrogen) atoms. The molecule has 2 aromatic rings. The minimum absolute atomic E-state index is 0.00980. The number of likely N-dealkylation sites (tertiary alicyclic amines) is 2. The van der Waals surface area contributed by atoms with Gasteiger partial charge >= 0.3 is 12.2 Å². The van der Waals surface area contributed by atoms with Gasteiger partial charge in [-0.3, -0.25) is 0 Å². The fourth-order valence-electron chi connectivity index (χ4n) is 7.14. The molecule has 5 atom stereocenters. The number of nitrogens with two attached hydrogens (primary N) is 1. The molecule has 0 aliphatic carbocycles. The Hall–Kier alpha value is -2.95. The number of hydrogen-bond acceptors (Lipinski definition) is 6. The second-order valence-corrected chi connectivity index (χ2v) is 20.9. The topological polar surface area (TPSA) is 114 Å². The van der Waals surface area contributed by atoms with Crippen LogP contribution in [0, 0.1) is 11.8 Å². The van der Waals surface area contributed by atoms with Crippen molar-refractivity contribution < 1.29 is 23.3 Å². The summed E-state index contributed by atoms with van der Waals surface area (Å²) in [4.78, 5) is 28.9. The minimum atomic E-state index is -1.17. The number of nitrogens with zero attached hydrogens (tertiary/aromatic N) is 2. The van der Waals surface area contributed by atoms with E-state index in [1.807, 2.05) is 109 Å². The fraction of sp³-hybridized carbons (Fsp3) is 0.667. The third-order valence-corrected chi connectivity index (χ3v) is 11.1. The summed E-state index contributed by atoms with van der Waals surface area (Å²) in [6.45, 7) is 27.0. The molecular weight excluding hydrogens is 673 g/mol. The number of rotatable bonds is 8. The lowest BCUT2D eigenvalue weighted by Gasteiger charge is -2.33. The highest BCUT2D eigenvalue weighted by Gasteiger charge is 2.45. The lowest BCUT2D eigenvalue weighted by atomic mass is 9.90. The second kappa shape index (κ2) is 17.0. The molecule has 0 spiro atoms. The Morgan fingerprint density at radius 2 is 1.12 bits per heavy atom. The van der Waals surface area contributed by atoms with Crippen LogP contribution >= 0.6 is 0 Å². The van der Waals surface area contributed by atoms with Gasteiger partial charge in [-0.15, -0.1) is 0 Å². The third-order valence-electron chi connectivity index (χ3n) is 9.54. The summed E-state index contributed by atoms with van der Waals surface area (Å²) >= 11 is 0. The molecule has 2 aliphatic heterocycles. The van der Waals surface area contributed by atoms with Crippen molar-refractivity contribution in [3.8, 4) is 0 Å². The number of carbonyl (C=O) groups excluding carboxylic acids is 2. The highest BCUT2D eigenvalue weighted by molar-refractivity contribution is 7.84. The number of amides is 2. The molecule has 0 aromatic heterocycles. The zero-order chi connectivity index (χ0) is 39.3. The summed E-state index contributed by atoms with van der Waals surface area (Å²) < 4.78 is 27.0. The molecule has 0 saturated carbocycles. The maximum atomic E-state index is 12.8. The standard InChI is InChI=1S/C23H38N2O3S.C19H30N2O2/c1-21(2,3)28-20(26)25-16-17(15-23(25,7)8)14-19(18-12-10-9-11-13-18)24-29(27)22(4,5)6;1-18(2,3)23-17(22)21-13-14(12-19(21,4)5)11-16(20)15-9-7-6-8-10-15/h9-13,17,19,24H,14-16H2,1-8H3;6-10,14,16H,11-13,20H2,1-5H3/t17-,19?,29?;14-,16?/m00/s1. The van der Waals surface area contributed by atoms with Crippen molar-refractivity contribution in [3.05, 3.63) is 71.8 Å². The summed E-state index contributed by atoms with van der Waals surface area (Å²) in [5.41, 5.74) is 7.19. The van der Waals surface area contributed by atoms with Gasteiger partial charge in [0.2, 0.25) is 0 Å². The van der Waals surface area contributed by atoms with E-state index in [4.69, 9.17) is 15.2 Å². The molecular formula is C42H68N4O5S. The number of hydrogen-bond donors (Lipinski definition) is 2. The number of carbonyl (C=O) groups is 2. The average molecular weight is 741 g/mol. The molecule has 0 radical (unpaired) electrons. The summed E-state index contributed by atoms with van der Waals surface area (Å²) in [6, 6.07) is 20.3. The van der Waals surface area contributed by atoms with Crippen molar-refractivity contribution in [2.45, 2.75) is 155 Å². The summed E-state index contributed by atoms with van der Waals surface area (Å²) in [5, 5.41) is 0. The molecule has 2 fully saturated rings. The molecule has 4 rings (SSSR count). The summed E-state index contributed by atoms with van der Waals surface area (Å²) in [5.74, 6) is 0.694. The van der Waals surface area contributed by atoms with E-state index in [0.29, 0.717) is 24.9 Å². The van der Waals surface area contributed by atoms with Crippen molar-refractivity contribution in [1.82, 2.24) is 14.5 Å². The Bertz CT molecular complexity index is 1480. The molecule has 2 saturated heterocycles. The van der Waals surface area contributed by atoms with Crippen LogP contribution in [0.1, 0.15) is 139 Å². The Morgan fingerprint density at radius 3 is 1.50 bits per heavy atom. The van der Waals surface area contributed by atoms with Gasteiger partial charge in [-0.2, -0.15) is 0 Å². The predicted molar refractivity (Wildman–Crippen MR) is 213 cm³/mol. The minimum Gasteiger partial charge on any atom is -0.444 e. The van der Waals surface area contributed by atoms with E-state index in [1.165, 1.54) is 0 Å². The molecule has 0 bridgehead atoms. The van der Waals surface area contributed by atoms with Gasteiger partial charge in [0.1, 0.15) is 11.2 Å². The van der Waals surface area contributed by atoms with Gasteiger partial charge in [-0.25, -0.2) is 18.5 Å². The van der Waals surface area contributed by atoms with Gasteiger partial charge in [-0.05, 0) is 139 Å². The Labute approximate surface area is 317 Å². The maximum Gasteiger partial charge on any atom is 0.410 e. The van der Waals surface area contributed by atoms with Crippen molar-refractivity contribution in [3.63, 3.8) is 0 Å². The molecule has 9 nitrogen and oxygen atoms in total. The van der Waals surface area contributed by atoms with E-state index in [2.05, 4.69) is 56.7 Å². The van der Waals surface area contributed by atoms with E-state index < -0.39 is 22.2 Å². The molecule has 3 N–H and O–H groups in total. The van der Waals surface area contributed by atoms with E-state index in [-0.39, 0.29) is 40.1 Å². The lowest BCUT2D eigenvalue weighted by Crippen LogP contribution is -2.45. The number of ether oxygens (including phenoxy) is 2. The first-order valence-corrected chi connectivity index (χ1v) is 20.0. The van der Waals surface area contributed by atoms with Crippen LogP contribution in [0.25, 0.3) is 0 Å². The quantitative estimate of drug-likeness (QED) is 0.279. The van der Waals surface area contributed by atoms with Gasteiger partial charge in [-0.1, -0.05) is 60.7 Å². The number of nitrogens with one attached hydrogen (secondary N) is 1. The van der Waals surface area contributed by atoms with E-state index >= 15 is 0 Å². The molecule has 2 heterocycles. The SMILES string of the molecule is CC(C)(C)OC(=O)N1C[C@@H](CC(N)c2ccccc2)CC1(C)C.CC(C)(C)OC(=O)N1C[C@@H](CC(NS(=O)C(C)(C)C)c2ccccc2)CC1(C)C. The van der Waals surface area contributed by atoms with Crippen LogP contribution < -0.4 is 10.5 Å². The molecule has 10 heteroatoms. The smallest absolute Gasteiger partial charge is 0.410 e. The van der Waals surface area contributed by atoms with Gasteiger partial charge in [0.15, 0.2) is 0 Å².